The highest BCUT2D eigenvalue weighted by Crippen LogP contribution is 2.30. The predicted octanol–water partition coefficient (Wildman–Crippen LogP) is 3.24. The van der Waals surface area contributed by atoms with E-state index in [0.29, 0.717) is 18.1 Å². The number of carbonyl (C=O) groups is 1. The van der Waals surface area contributed by atoms with Crippen LogP contribution in [0.2, 0.25) is 0 Å². The second kappa shape index (κ2) is 6.74. The maximum atomic E-state index is 11.4. The maximum Gasteiger partial charge on any atom is 0.339 e. The van der Waals surface area contributed by atoms with Gasteiger partial charge in [0.2, 0.25) is 0 Å². The van der Waals surface area contributed by atoms with E-state index >= 15 is 0 Å². The van der Waals surface area contributed by atoms with Gasteiger partial charge in [-0.15, -0.1) is 0 Å². The average molecular weight is 287 g/mol. The molecule has 0 saturated carbocycles. The summed E-state index contributed by atoms with van der Waals surface area (Å²) in [7, 11) is 1.57. The molecule has 21 heavy (non-hydrogen) atoms. The largest absolute Gasteiger partial charge is 0.496 e. The zero-order valence-electron chi connectivity index (χ0n) is 12.0. The summed E-state index contributed by atoms with van der Waals surface area (Å²) in [4.78, 5) is 15.7. The Morgan fingerprint density at radius 3 is 2.71 bits per heavy atom. The molecule has 0 fully saturated rings. The van der Waals surface area contributed by atoms with Gasteiger partial charge >= 0.3 is 5.97 Å². The number of pyridine rings is 1. The lowest BCUT2D eigenvalue weighted by Gasteiger charge is -2.11. The van der Waals surface area contributed by atoms with Gasteiger partial charge < -0.3 is 14.6 Å². The molecule has 0 aliphatic carbocycles. The van der Waals surface area contributed by atoms with Crippen molar-refractivity contribution in [1.82, 2.24) is 4.98 Å². The molecule has 0 unspecified atom stereocenters. The summed E-state index contributed by atoms with van der Waals surface area (Å²) in [6.07, 6.45) is 2.24. The van der Waals surface area contributed by atoms with Crippen molar-refractivity contribution in [1.29, 1.82) is 0 Å². The Balaban J connectivity index is 2.46. The van der Waals surface area contributed by atoms with Crippen molar-refractivity contribution < 1.29 is 19.4 Å². The molecule has 0 atom stereocenters. The van der Waals surface area contributed by atoms with Gasteiger partial charge in [-0.25, -0.2) is 4.79 Å². The van der Waals surface area contributed by atoms with Crippen LogP contribution in [0.3, 0.4) is 0 Å². The number of para-hydroxylation sites is 1. The van der Waals surface area contributed by atoms with E-state index in [9.17, 15) is 9.90 Å². The highest BCUT2D eigenvalue weighted by molar-refractivity contribution is 5.92. The lowest BCUT2D eigenvalue weighted by Crippen LogP contribution is -2.05. The molecule has 0 aliphatic rings. The first-order valence-electron chi connectivity index (χ1n) is 6.67. The van der Waals surface area contributed by atoms with Crippen LogP contribution >= 0.6 is 0 Å². The molecule has 5 heteroatoms. The maximum absolute atomic E-state index is 11.4. The van der Waals surface area contributed by atoms with E-state index in [1.807, 2.05) is 25.1 Å². The molecule has 2 rings (SSSR count). The molecule has 0 radical (unpaired) electrons. The minimum Gasteiger partial charge on any atom is -0.496 e. The van der Waals surface area contributed by atoms with Crippen molar-refractivity contribution in [2.24, 2.45) is 0 Å². The summed E-state index contributed by atoms with van der Waals surface area (Å²) in [5.74, 6) is -0.119. The quantitative estimate of drug-likeness (QED) is 0.883. The number of carboxylic acid groups (broad SMARTS) is 1. The summed E-state index contributed by atoms with van der Waals surface area (Å²) in [6, 6.07) is 8.84. The molecule has 2 aromatic rings. The number of methoxy groups -OCH3 is 1. The number of nitrogens with zero attached hydrogens (tertiary/aromatic N) is 1. The summed E-state index contributed by atoms with van der Waals surface area (Å²) in [5.41, 5.74) is 1.37. The van der Waals surface area contributed by atoms with Gasteiger partial charge in [0.25, 0.3) is 0 Å². The first-order valence-corrected chi connectivity index (χ1v) is 6.67. The Morgan fingerprint density at radius 2 is 2.05 bits per heavy atom. The first kappa shape index (κ1) is 14.8. The number of ether oxygens (including phenoxy) is 2. The van der Waals surface area contributed by atoms with Gasteiger partial charge in [-0.2, -0.15) is 0 Å². The number of hydrogen-bond donors (Lipinski definition) is 1. The van der Waals surface area contributed by atoms with Gasteiger partial charge in [0.15, 0.2) is 5.75 Å². The number of rotatable bonds is 6. The van der Waals surface area contributed by atoms with Crippen LogP contribution in [0.5, 0.6) is 11.5 Å². The summed E-state index contributed by atoms with van der Waals surface area (Å²) >= 11 is 0. The van der Waals surface area contributed by atoms with E-state index in [1.54, 1.807) is 13.2 Å². The minimum absolute atomic E-state index is 0.0966. The van der Waals surface area contributed by atoms with Crippen molar-refractivity contribution in [3.05, 3.63) is 42.1 Å². The minimum atomic E-state index is -1.04. The van der Waals surface area contributed by atoms with Crippen LogP contribution in [0, 0.1) is 0 Å². The third-order valence-corrected chi connectivity index (χ3v) is 2.94. The van der Waals surface area contributed by atoms with Gasteiger partial charge in [-0.1, -0.05) is 19.1 Å². The molecule has 1 aromatic heterocycles. The molecule has 0 aliphatic heterocycles. The molecule has 0 spiro atoms. The number of aromatic carboxylic acids is 1. The van der Waals surface area contributed by atoms with Crippen LogP contribution in [-0.2, 0) is 0 Å². The fourth-order valence-electron chi connectivity index (χ4n) is 1.94. The summed E-state index contributed by atoms with van der Waals surface area (Å²) < 4.78 is 10.7. The Bertz CT molecular complexity index is 640. The van der Waals surface area contributed by atoms with E-state index in [2.05, 4.69) is 4.98 Å². The molecule has 0 saturated heterocycles. The van der Waals surface area contributed by atoms with Crippen molar-refractivity contribution in [3.63, 3.8) is 0 Å². The van der Waals surface area contributed by atoms with Crippen LogP contribution in [0.1, 0.15) is 23.7 Å². The number of carboxylic acids is 1. The van der Waals surface area contributed by atoms with E-state index in [4.69, 9.17) is 9.47 Å². The highest BCUT2D eigenvalue weighted by atomic mass is 16.5. The topological polar surface area (TPSA) is 68.7 Å². The van der Waals surface area contributed by atoms with Crippen molar-refractivity contribution >= 4 is 5.97 Å². The SMILES string of the molecule is CCCOc1cnc(-c2ccccc2OC)cc1C(=O)O. The fraction of sp³-hybridized carbons (Fsp3) is 0.250. The van der Waals surface area contributed by atoms with Crippen molar-refractivity contribution in [2.45, 2.75) is 13.3 Å². The Kier molecular flexibility index (Phi) is 4.77. The van der Waals surface area contributed by atoms with Gasteiger partial charge in [0, 0.05) is 5.56 Å². The fourth-order valence-corrected chi connectivity index (χ4v) is 1.94. The second-order valence-electron chi connectivity index (χ2n) is 4.42. The Labute approximate surface area is 123 Å². The number of hydrogen-bond acceptors (Lipinski definition) is 4. The van der Waals surface area contributed by atoms with Crippen molar-refractivity contribution in [3.8, 4) is 22.8 Å². The second-order valence-corrected chi connectivity index (χ2v) is 4.42. The standard InChI is InChI=1S/C16H17NO4/c1-3-8-21-15-10-17-13(9-12(15)16(18)19)11-6-4-5-7-14(11)20-2/h4-7,9-10H,3,8H2,1-2H3,(H,18,19). The number of aromatic nitrogens is 1. The zero-order valence-corrected chi connectivity index (χ0v) is 12.0. The molecule has 110 valence electrons. The zero-order chi connectivity index (χ0) is 15.2. The van der Waals surface area contributed by atoms with Gasteiger partial charge in [-0.05, 0) is 24.6 Å². The third-order valence-electron chi connectivity index (χ3n) is 2.94. The first-order chi connectivity index (χ1) is 10.2. The Morgan fingerprint density at radius 1 is 1.29 bits per heavy atom. The molecular weight excluding hydrogens is 270 g/mol. The summed E-state index contributed by atoms with van der Waals surface area (Å²) in [6.45, 7) is 2.41. The van der Waals surface area contributed by atoms with E-state index in [0.717, 1.165) is 12.0 Å². The van der Waals surface area contributed by atoms with Crippen LogP contribution < -0.4 is 9.47 Å². The summed E-state index contributed by atoms with van der Waals surface area (Å²) in [5, 5.41) is 9.32. The van der Waals surface area contributed by atoms with Crippen LogP contribution in [0.4, 0.5) is 0 Å². The average Bonchev–Trinajstić information content (AvgIpc) is 2.52. The molecule has 1 heterocycles. The molecule has 5 nitrogen and oxygen atoms in total. The Hall–Kier alpha value is -2.56. The molecule has 0 amide bonds. The molecule has 0 bridgehead atoms. The van der Waals surface area contributed by atoms with Gasteiger partial charge in [0.05, 0.1) is 25.6 Å². The van der Waals surface area contributed by atoms with Crippen LogP contribution in [0.15, 0.2) is 36.5 Å². The van der Waals surface area contributed by atoms with Crippen LogP contribution in [-0.4, -0.2) is 29.8 Å². The number of benzene rings is 1. The highest BCUT2D eigenvalue weighted by Gasteiger charge is 2.15. The van der Waals surface area contributed by atoms with Crippen molar-refractivity contribution in [2.75, 3.05) is 13.7 Å². The lowest BCUT2D eigenvalue weighted by atomic mass is 10.1. The van der Waals surface area contributed by atoms with E-state index in [1.165, 1.54) is 12.3 Å². The smallest absolute Gasteiger partial charge is 0.339 e. The van der Waals surface area contributed by atoms with E-state index in [-0.39, 0.29) is 11.3 Å². The molecule has 1 N–H and O–H groups in total. The van der Waals surface area contributed by atoms with E-state index < -0.39 is 5.97 Å². The molecule has 1 aromatic carbocycles. The van der Waals surface area contributed by atoms with Crippen LogP contribution in [0.25, 0.3) is 11.3 Å². The third kappa shape index (κ3) is 3.31. The monoisotopic (exact) mass is 287 g/mol. The van der Waals surface area contributed by atoms with Gasteiger partial charge in [-0.3, -0.25) is 4.98 Å². The predicted molar refractivity (Wildman–Crippen MR) is 79.0 cm³/mol. The normalized spacial score (nSPS) is 10.2. The lowest BCUT2D eigenvalue weighted by molar-refractivity contribution is 0.0692. The van der Waals surface area contributed by atoms with Gasteiger partial charge in [0.1, 0.15) is 11.3 Å². The molecular formula is C16H17NO4.